The molecule has 1 unspecified atom stereocenters. The average molecular weight is 357 g/mol. The highest BCUT2D eigenvalue weighted by Gasteiger charge is 2.29. The zero-order chi connectivity index (χ0) is 17.0. The van der Waals surface area contributed by atoms with Gasteiger partial charge in [-0.05, 0) is 37.1 Å². The van der Waals surface area contributed by atoms with Gasteiger partial charge in [-0.3, -0.25) is 4.90 Å². The fourth-order valence-corrected chi connectivity index (χ4v) is 4.61. The highest BCUT2D eigenvalue weighted by molar-refractivity contribution is 7.87. The molecule has 0 bridgehead atoms. The molecule has 0 radical (unpaired) electrons. The van der Waals surface area contributed by atoms with Crippen LogP contribution >= 0.6 is 0 Å². The Morgan fingerprint density at radius 3 is 2.58 bits per heavy atom. The molecular weight excluding hydrogens is 333 g/mol. The molecule has 0 amide bonds. The molecule has 1 atom stereocenters. The van der Waals surface area contributed by atoms with Crippen LogP contribution < -0.4 is 4.72 Å². The number of nitrogens with zero attached hydrogens (tertiary/aromatic N) is 2. The van der Waals surface area contributed by atoms with Crippen molar-refractivity contribution in [1.82, 2.24) is 13.9 Å². The van der Waals surface area contributed by atoms with Crippen molar-refractivity contribution in [2.75, 3.05) is 39.4 Å². The molecule has 0 saturated carbocycles. The summed E-state index contributed by atoms with van der Waals surface area (Å²) in [4.78, 5) is 2.21. The van der Waals surface area contributed by atoms with Crippen LogP contribution in [0.1, 0.15) is 18.4 Å². The highest BCUT2D eigenvalue weighted by Crippen LogP contribution is 2.16. The molecule has 3 rings (SSSR count). The maximum Gasteiger partial charge on any atom is 0.279 e. The molecule has 2 aliphatic rings. The number of likely N-dealkylation sites (tertiary alicyclic amines) is 1. The Balaban J connectivity index is 1.55. The number of hydrogen-bond donors (Lipinski definition) is 1. The number of rotatable bonds is 5. The first kappa shape index (κ1) is 17.8. The van der Waals surface area contributed by atoms with Gasteiger partial charge in [0.1, 0.15) is 5.82 Å². The Labute approximate surface area is 142 Å². The lowest BCUT2D eigenvalue weighted by Crippen LogP contribution is -2.53. The number of piperidine rings is 1. The molecule has 1 aromatic rings. The molecular formula is C16H24FN3O3S. The van der Waals surface area contributed by atoms with Crippen molar-refractivity contribution in [1.29, 1.82) is 0 Å². The van der Waals surface area contributed by atoms with Crippen LogP contribution in [0.2, 0.25) is 0 Å². The Morgan fingerprint density at radius 1 is 1.17 bits per heavy atom. The van der Waals surface area contributed by atoms with E-state index in [-0.39, 0.29) is 11.9 Å². The first-order chi connectivity index (χ1) is 11.5. The Morgan fingerprint density at radius 2 is 1.88 bits per heavy atom. The summed E-state index contributed by atoms with van der Waals surface area (Å²) in [7, 11) is -3.46. The molecule has 2 aliphatic heterocycles. The molecule has 134 valence electrons. The SMILES string of the molecule is O=S(=O)(NC1CCCN(Cc2ccc(F)cc2)C1)N1CCOCC1. The van der Waals surface area contributed by atoms with E-state index in [9.17, 15) is 12.8 Å². The Hall–Kier alpha value is -1.06. The lowest BCUT2D eigenvalue weighted by Gasteiger charge is -2.35. The molecule has 1 aromatic carbocycles. The normalized spacial score (nSPS) is 24.1. The molecule has 6 nitrogen and oxygen atoms in total. The molecule has 2 saturated heterocycles. The van der Waals surface area contributed by atoms with Gasteiger partial charge in [0, 0.05) is 32.2 Å². The van der Waals surface area contributed by atoms with Crippen LogP contribution in [0.4, 0.5) is 4.39 Å². The van der Waals surface area contributed by atoms with Gasteiger partial charge >= 0.3 is 0 Å². The number of halogens is 1. The van der Waals surface area contributed by atoms with Gasteiger partial charge < -0.3 is 4.74 Å². The summed E-state index contributed by atoms with van der Waals surface area (Å²) in [6, 6.07) is 6.37. The van der Waals surface area contributed by atoms with Crippen LogP contribution in [0, 0.1) is 5.82 Å². The zero-order valence-electron chi connectivity index (χ0n) is 13.7. The monoisotopic (exact) mass is 357 g/mol. The van der Waals surface area contributed by atoms with Crippen LogP contribution in [-0.2, 0) is 21.5 Å². The first-order valence-corrected chi connectivity index (χ1v) is 9.79. The predicted molar refractivity (Wildman–Crippen MR) is 89.1 cm³/mol. The maximum atomic E-state index is 13.0. The van der Waals surface area contributed by atoms with E-state index in [0.29, 0.717) is 39.4 Å². The highest BCUT2D eigenvalue weighted by atomic mass is 32.2. The predicted octanol–water partition coefficient (Wildman–Crippen LogP) is 0.957. The smallest absolute Gasteiger partial charge is 0.279 e. The van der Waals surface area contributed by atoms with Crippen LogP contribution in [-0.4, -0.2) is 63.1 Å². The second kappa shape index (κ2) is 7.88. The standard InChI is InChI=1S/C16H24FN3O3S/c17-15-5-3-14(4-6-15)12-19-7-1-2-16(13-19)18-24(21,22)20-8-10-23-11-9-20/h3-6,16,18H,1-2,7-13H2. The first-order valence-electron chi connectivity index (χ1n) is 8.35. The van der Waals surface area contributed by atoms with Crippen molar-refractivity contribution in [3.8, 4) is 0 Å². The molecule has 2 fully saturated rings. The van der Waals surface area contributed by atoms with Gasteiger partial charge in [0.2, 0.25) is 0 Å². The third kappa shape index (κ3) is 4.73. The van der Waals surface area contributed by atoms with Crippen molar-refractivity contribution in [3.05, 3.63) is 35.6 Å². The van der Waals surface area contributed by atoms with E-state index >= 15 is 0 Å². The quantitative estimate of drug-likeness (QED) is 0.853. The molecule has 8 heteroatoms. The van der Waals surface area contributed by atoms with E-state index in [1.54, 1.807) is 12.1 Å². The van der Waals surface area contributed by atoms with Crippen molar-refractivity contribution in [3.63, 3.8) is 0 Å². The van der Waals surface area contributed by atoms with Crippen LogP contribution in [0.3, 0.4) is 0 Å². The number of nitrogens with one attached hydrogen (secondary N) is 1. The molecule has 0 aliphatic carbocycles. The molecule has 24 heavy (non-hydrogen) atoms. The lowest BCUT2D eigenvalue weighted by atomic mass is 10.1. The van der Waals surface area contributed by atoms with Gasteiger partial charge in [-0.1, -0.05) is 12.1 Å². The minimum Gasteiger partial charge on any atom is -0.379 e. The molecule has 1 N–H and O–H groups in total. The van der Waals surface area contributed by atoms with Gasteiger partial charge in [0.15, 0.2) is 0 Å². The van der Waals surface area contributed by atoms with Crippen molar-refractivity contribution in [2.24, 2.45) is 0 Å². The number of morpholine rings is 1. The van der Waals surface area contributed by atoms with E-state index in [2.05, 4.69) is 9.62 Å². The molecule has 2 heterocycles. The van der Waals surface area contributed by atoms with Gasteiger partial charge in [-0.15, -0.1) is 0 Å². The van der Waals surface area contributed by atoms with E-state index in [1.807, 2.05) is 0 Å². The number of benzene rings is 1. The average Bonchev–Trinajstić information content (AvgIpc) is 2.58. The third-order valence-electron chi connectivity index (χ3n) is 4.45. The Kier molecular flexibility index (Phi) is 5.83. The second-order valence-corrected chi connectivity index (χ2v) is 8.04. The van der Waals surface area contributed by atoms with E-state index in [4.69, 9.17) is 4.74 Å². The zero-order valence-corrected chi connectivity index (χ0v) is 14.5. The number of ether oxygens (including phenoxy) is 1. The summed E-state index contributed by atoms with van der Waals surface area (Å²) in [5.41, 5.74) is 1.04. The van der Waals surface area contributed by atoms with Crippen molar-refractivity contribution >= 4 is 10.2 Å². The fourth-order valence-electron chi connectivity index (χ4n) is 3.22. The second-order valence-electron chi connectivity index (χ2n) is 6.34. The summed E-state index contributed by atoms with van der Waals surface area (Å²) in [5.74, 6) is -0.242. The van der Waals surface area contributed by atoms with Gasteiger partial charge in [0.25, 0.3) is 10.2 Å². The molecule has 0 aromatic heterocycles. The van der Waals surface area contributed by atoms with E-state index in [1.165, 1.54) is 16.4 Å². The summed E-state index contributed by atoms with van der Waals surface area (Å²) < 4.78 is 47.4. The van der Waals surface area contributed by atoms with Crippen LogP contribution in [0.25, 0.3) is 0 Å². The fraction of sp³-hybridized carbons (Fsp3) is 0.625. The summed E-state index contributed by atoms with van der Waals surface area (Å²) in [5, 5.41) is 0. The van der Waals surface area contributed by atoms with Crippen LogP contribution in [0.5, 0.6) is 0 Å². The minimum absolute atomic E-state index is 0.0907. The summed E-state index contributed by atoms with van der Waals surface area (Å²) in [6.45, 7) is 4.00. The van der Waals surface area contributed by atoms with E-state index < -0.39 is 10.2 Å². The van der Waals surface area contributed by atoms with Crippen LogP contribution in [0.15, 0.2) is 24.3 Å². The third-order valence-corrected chi connectivity index (χ3v) is 6.13. The lowest BCUT2D eigenvalue weighted by molar-refractivity contribution is 0.0719. The van der Waals surface area contributed by atoms with Gasteiger partial charge in [0.05, 0.1) is 13.2 Å². The largest absolute Gasteiger partial charge is 0.379 e. The van der Waals surface area contributed by atoms with Crippen molar-refractivity contribution in [2.45, 2.75) is 25.4 Å². The number of hydrogen-bond acceptors (Lipinski definition) is 4. The van der Waals surface area contributed by atoms with E-state index in [0.717, 1.165) is 24.9 Å². The minimum atomic E-state index is -3.46. The van der Waals surface area contributed by atoms with Crippen molar-refractivity contribution < 1.29 is 17.5 Å². The summed E-state index contributed by atoms with van der Waals surface area (Å²) >= 11 is 0. The molecule has 0 spiro atoms. The van der Waals surface area contributed by atoms with Gasteiger partial charge in [-0.2, -0.15) is 17.4 Å². The van der Waals surface area contributed by atoms with Gasteiger partial charge in [-0.25, -0.2) is 4.39 Å². The topological polar surface area (TPSA) is 61.9 Å². The maximum absolute atomic E-state index is 13.0. The summed E-state index contributed by atoms with van der Waals surface area (Å²) in [6.07, 6.45) is 1.78. The Bertz CT molecular complexity index is 632.